The van der Waals surface area contributed by atoms with Gasteiger partial charge in [-0.05, 0) is 12.1 Å². The number of anilines is 1. The number of ether oxygens (including phenoxy) is 2. The maximum atomic E-state index is 12.2. The Morgan fingerprint density at radius 1 is 1.17 bits per heavy atom. The number of nitrogens with one attached hydrogen (secondary N) is 1. The SMILES string of the molecule is COc1ccc(NC(=O)CN2CCN(S(C)(=O)=O)CC2)c(OC)c1. The standard InChI is InChI=1S/C15H23N3O5S/c1-22-12-4-5-13(14(10-12)23-2)16-15(19)11-17-6-8-18(9-7-17)24(3,20)21/h4-5,10H,6-9,11H2,1-3H3,(H,16,19). The van der Waals surface area contributed by atoms with Crippen molar-refractivity contribution in [3.05, 3.63) is 18.2 Å². The number of piperazine rings is 1. The first-order chi connectivity index (χ1) is 11.3. The summed E-state index contributed by atoms with van der Waals surface area (Å²) in [5, 5.41) is 2.81. The van der Waals surface area contributed by atoms with Crippen LogP contribution < -0.4 is 14.8 Å². The highest BCUT2D eigenvalue weighted by Crippen LogP contribution is 2.28. The molecule has 9 heteroatoms. The van der Waals surface area contributed by atoms with Crippen molar-refractivity contribution in [2.75, 3.05) is 58.5 Å². The minimum Gasteiger partial charge on any atom is -0.497 e. The molecule has 1 aliphatic rings. The fourth-order valence-electron chi connectivity index (χ4n) is 2.51. The summed E-state index contributed by atoms with van der Waals surface area (Å²) in [6.45, 7) is 2.06. The lowest BCUT2D eigenvalue weighted by molar-refractivity contribution is -0.117. The summed E-state index contributed by atoms with van der Waals surface area (Å²) in [6, 6.07) is 5.15. The van der Waals surface area contributed by atoms with E-state index in [2.05, 4.69) is 5.32 Å². The highest BCUT2D eigenvalue weighted by Gasteiger charge is 2.24. The lowest BCUT2D eigenvalue weighted by Crippen LogP contribution is -2.50. The zero-order chi connectivity index (χ0) is 17.7. The van der Waals surface area contributed by atoms with Gasteiger partial charge in [0.1, 0.15) is 11.5 Å². The van der Waals surface area contributed by atoms with Crippen molar-refractivity contribution in [1.29, 1.82) is 0 Å². The van der Waals surface area contributed by atoms with E-state index < -0.39 is 10.0 Å². The van der Waals surface area contributed by atoms with Gasteiger partial charge < -0.3 is 14.8 Å². The number of carbonyl (C=O) groups excluding carboxylic acids is 1. The van der Waals surface area contributed by atoms with Crippen LogP contribution in [-0.4, -0.2) is 76.7 Å². The second-order valence-corrected chi connectivity index (χ2v) is 7.54. The van der Waals surface area contributed by atoms with Gasteiger partial charge in [0.05, 0.1) is 32.7 Å². The fourth-order valence-corrected chi connectivity index (χ4v) is 3.34. The first-order valence-corrected chi connectivity index (χ1v) is 9.37. The van der Waals surface area contributed by atoms with Gasteiger partial charge in [-0.25, -0.2) is 8.42 Å². The summed E-state index contributed by atoms with van der Waals surface area (Å²) in [7, 11) is -0.0829. The minimum atomic E-state index is -3.16. The van der Waals surface area contributed by atoms with Crippen molar-refractivity contribution in [3.8, 4) is 11.5 Å². The Morgan fingerprint density at radius 2 is 1.83 bits per heavy atom. The molecule has 1 saturated heterocycles. The quantitative estimate of drug-likeness (QED) is 0.784. The molecule has 0 radical (unpaired) electrons. The first-order valence-electron chi connectivity index (χ1n) is 7.53. The van der Waals surface area contributed by atoms with Crippen molar-refractivity contribution in [3.63, 3.8) is 0 Å². The second-order valence-electron chi connectivity index (χ2n) is 5.55. The summed E-state index contributed by atoms with van der Waals surface area (Å²) >= 11 is 0. The molecule has 0 bridgehead atoms. The van der Waals surface area contributed by atoms with Crippen molar-refractivity contribution >= 4 is 21.6 Å². The van der Waals surface area contributed by atoms with E-state index in [4.69, 9.17) is 9.47 Å². The Bertz CT molecular complexity index is 684. The number of sulfonamides is 1. The van der Waals surface area contributed by atoms with E-state index in [1.54, 1.807) is 25.3 Å². The lowest BCUT2D eigenvalue weighted by Gasteiger charge is -2.32. The van der Waals surface area contributed by atoms with Crippen LogP contribution in [-0.2, 0) is 14.8 Å². The van der Waals surface area contributed by atoms with Crippen LogP contribution >= 0.6 is 0 Å². The zero-order valence-corrected chi connectivity index (χ0v) is 14.9. The highest BCUT2D eigenvalue weighted by atomic mass is 32.2. The molecule has 1 fully saturated rings. The van der Waals surface area contributed by atoms with E-state index in [0.29, 0.717) is 43.4 Å². The van der Waals surface area contributed by atoms with Gasteiger partial charge >= 0.3 is 0 Å². The lowest BCUT2D eigenvalue weighted by atomic mass is 10.2. The molecule has 1 aromatic rings. The van der Waals surface area contributed by atoms with Gasteiger partial charge in [-0.1, -0.05) is 0 Å². The Hall–Kier alpha value is -1.84. The molecule has 0 aliphatic carbocycles. The minimum absolute atomic E-state index is 0.175. The maximum Gasteiger partial charge on any atom is 0.238 e. The Labute approximate surface area is 142 Å². The zero-order valence-electron chi connectivity index (χ0n) is 14.1. The third-order valence-corrected chi connectivity index (χ3v) is 5.15. The monoisotopic (exact) mass is 357 g/mol. The van der Waals surface area contributed by atoms with E-state index in [1.807, 2.05) is 4.90 Å². The topological polar surface area (TPSA) is 88.2 Å². The third kappa shape index (κ3) is 4.83. The number of carbonyl (C=O) groups is 1. The molecular formula is C15H23N3O5S. The van der Waals surface area contributed by atoms with Gasteiger partial charge in [0.25, 0.3) is 0 Å². The molecular weight excluding hydrogens is 334 g/mol. The molecule has 1 aromatic carbocycles. The van der Waals surface area contributed by atoms with Crippen molar-refractivity contribution in [2.24, 2.45) is 0 Å². The number of hydrogen-bond donors (Lipinski definition) is 1. The molecule has 8 nitrogen and oxygen atoms in total. The molecule has 1 heterocycles. The van der Waals surface area contributed by atoms with E-state index in [-0.39, 0.29) is 12.5 Å². The summed E-state index contributed by atoms with van der Waals surface area (Å²) in [5.74, 6) is 0.984. The molecule has 1 amide bonds. The molecule has 24 heavy (non-hydrogen) atoms. The average molecular weight is 357 g/mol. The average Bonchev–Trinajstić information content (AvgIpc) is 2.54. The van der Waals surface area contributed by atoms with Crippen LogP contribution in [0.5, 0.6) is 11.5 Å². The van der Waals surface area contributed by atoms with Gasteiger partial charge in [-0.3, -0.25) is 9.69 Å². The number of benzene rings is 1. The molecule has 0 unspecified atom stereocenters. The van der Waals surface area contributed by atoms with E-state index in [9.17, 15) is 13.2 Å². The third-order valence-electron chi connectivity index (χ3n) is 3.85. The summed E-state index contributed by atoms with van der Waals surface area (Å²) in [4.78, 5) is 14.1. The number of hydrogen-bond acceptors (Lipinski definition) is 6. The van der Waals surface area contributed by atoms with Crippen LogP contribution in [0, 0.1) is 0 Å². The van der Waals surface area contributed by atoms with Crippen molar-refractivity contribution in [2.45, 2.75) is 0 Å². The highest BCUT2D eigenvalue weighted by molar-refractivity contribution is 7.88. The largest absolute Gasteiger partial charge is 0.497 e. The van der Waals surface area contributed by atoms with E-state index in [0.717, 1.165) is 0 Å². The summed E-state index contributed by atoms with van der Waals surface area (Å²) in [6.07, 6.45) is 1.20. The van der Waals surface area contributed by atoms with Gasteiger partial charge in [0.15, 0.2) is 0 Å². The second kappa shape index (κ2) is 7.82. The predicted octanol–water partition coefficient (Wildman–Crippen LogP) is 0.220. The fraction of sp³-hybridized carbons (Fsp3) is 0.533. The predicted molar refractivity (Wildman–Crippen MR) is 91.0 cm³/mol. The Kier molecular flexibility index (Phi) is 6.03. The number of nitrogens with zero attached hydrogens (tertiary/aromatic N) is 2. The van der Waals surface area contributed by atoms with E-state index in [1.165, 1.54) is 17.7 Å². The molecule has 0 spiro atoms. The van der Waals surface area contributed by atoms with Crippen LogP contribution in [0.2, 0.25) is 0 Å². The van der Waals surface area contributed by atoms with Crippen LogP contribution in [0.4, 0.5) is 5.69 Å². The Balaban J connectivity index is 1.90. The molecule has 134 valence electrons. The summed E-state index contributed by atoms with van der Waals surface area (Å²) in [5.41, 5.74) is 0.568. The first kappa shape index (κ1) is 18.5. The van der Waals surface area contributed by atoms with Gasteiger partial charge in [0, 0.05) is 32.2 Å². The van der Waals surface area contributed by atoms with Gasteiger partial charge in [-0.15, -0.1) is 0 Å². The molecule has 0 aromatic heterocycles. The Morgan fingerprint density at radius 3 is 2.38 bits per heavy atom. The van der Waals surface area contributed by atoms with Gasteiger partial charge in [0.2, 0.25) is 15.9 Å². The van der Waals surface area contributed by atoms with Gasteiger partial charge in [-0.2, -0.15) is 4.31 Å². The maximum absolute atomic E-state index is 12.2. The molecule has 1 N–H and O–H groups in total. The van der Waals surface area contributed by atoms with Crippen LogP contribution in [0.1, 0.15) is 0 Å². The molecule has 0 saturated carbocycles. The molecule has 2 rings (SSSR count). The number of rotatable bonds is 6. The normalized spacial score (nSPS) is 16.6. The number of methoxy groups -OCH3 is 2. The summed E-state index contributed by atoms with van der Waals surface area (Å²) < 4.78 is 34.8. The van der Waals surface area contributed by atoms with Crippen LogP contribution in [0.15, 0.2) is 18.2 Å². The molecule has 0 atom stereocenters. The van der Waals surface area contributed by atoms with Crippen molar-refractivity contribution < 1.29 is 22.7 Å². The number of amides is 1. The van der Waals surface area contributed by atoms with E-state index >= 15 is 0 Å². The van der Waals surface area contributed by atoms with Crippen LogP contribution in [0.25, 0.3) is 0 Å². The molecule has 1 aliphatic heterocycles. The smallest absolute Gasteiger partial charge is 0.238 e. The van der Waals surface area contributed by atoms with Crippen molar-refractivity contribution in [1.82, 2.24) is 9.21 Å². The van der Waals surface area contributed by atoms with Crippen LogP contribution in [0.3, 0.4) is 0 Å².